The van der Waals surface area contributed by atoms with Gasteiger partial charge in [0.25, 0.3) is 0 Å². The van der Waals surface area contributed by atoms with Crippen LogP contribution in [0.3, 0.4) is 0 Å². The van der Waals surface area contributed by atoms with E-state index in [4.69, 9.17) is 0 Å². The summed E-state index contributed by atoms with van der Waals surface area (Å²) in [7, 11) is 4.07. The van der Waals surface area contributed by atoms with Crippen molar-refractivity contribution in [3.63, 3.8) is 0 Å². The van der Waals surface area contributed by atoms with Crippen LogP contribution in [0.4, 0.5) is 0 Å². The number of carbonyl (C=O) groups excluding carboxylic acids is 1. The van der Waals surface area contributed by atoms with E-state index in [1.54, 1.807) is 6.20 Å². The Bertz CT molecular complexity index is 429. The maximum atomic E-state index is 12.7. The summed E-state index contributed by atoms with van der Waals surface area (Å²) in [6.07, 6.45) is 6.86. The predicted molar refractivity (Wildman–Crippen MR) is 83.8 cm³/mol. The van der Waals surface area contributed by atoms with Gasteiger partial charge in [0.05, 0.1) is 6.04 Å². The topological polar surface area (TPSA) is 48.5 Å². The van der Waals surface area contributed by atoms with Crippen molar-refractivity contribution < 1.29 is 4.79 Å². The number of likely N-dealkylation sites (N-methyl/N-ethyl adjacent to an activating group) is 1. The van der Waals surface area contributed by atoms with Gasteiger partial charge in [-0.1, -0.05) is 12.5 Å². The fourth-order valence-corrected chi connectivity index (χ4v) is 2.58. The molecule has 1 N–H and O–H groups in total. The van der Waals surface area contributed by atoms with Crippen LogP contribution in [0.1, 0.15) is 24.8 Å². The van der Waals surface area contributed by atoms with E-state index in [0.29, 0.717) is 6.54 Å². The van der Waals surface area contributed by atoms with Gasteiger partial charge in [-0.3, -0.25) is 9.78 Å². The quantitative estimate of drug-likeness (QED) is 0.853. The van der Waals surface area contributed by atoms with Crippen LogP contribution in [0, 0.1) is 0 Å². The smallest absolute Gasteiger partial charge is 0.240 e. The summed E-state index contributed by atoms with van der Waals surface area (Å²) in [5.74, 6) is 0.223. The van der Waals surface area contributed by atoms with E-state index in [1.165, 1.54) is 6.42 Å². The highest BCUT2D eigenvalue weighted by Crippen LogP contribution is 2.12. The van der Waals surface area contributed by atoms with Gasteiger partial charge in [-0.25, -0.2) is 0 Å². The van der Waals surface area contributed by atoms with Crippen LogP contribution in [0.2, 0.25) is 0 Å². The molecule has 0 spiro atoms. The van der Waals surface area contributed by atoms with E-state index in [1.807, 2.05) is 37.3 Å². The molecule has 0 radical (unpaired) electrons. The van der Waals surface area contributed by atoms with Crippen LogP contribution in [-0.4, -0.2) is 60.5 Å². The molecule has 1 atom stereocenters. The van der Waals surface area contributed by atoms with Crippen LogP contribution in [0.5, 0.6) is 0 Å². The van der Waals surface area contributed by atoms with Gasteiger partial charge >= 0.3 is 0 Å². The molecule has 2 rings (SSSR count). The van der Waals surface area contributed by atoms with Gasteiger partial charge in [-0.15, -0.1) is 0 Å². The molecule has 116 valence electrons. The number of pyridine rings is 1. The summed E-state index contributed by atoms with van der Waals surface area (Å²) in [4.78, 5) is 20.9. The molecule has 1 aromatic heterocycles. The maximum Gasteiger partial charge on any atom is 0.240 e. The van der Waals surface area contributed by atoms with E-state index >= 15 is 0 Å². The van der Waals surface area contributed by atoms with E-state index in [2.05, 4.69) is 15.2 Å². The standard InChI is InChI=1S/C16H26N4O/c1-19(2)10-11-20(13-14-6-5-8-17-12-14)16(21)15-7-3-4-9-18-15/h5-6,8,12,15,18H,3-4,7,9-11,13H2,1-2H3. The average molecular weight is 290 g/mol. The lowest BCUT2D eigenvalue weighted by atomic mass is 10.0. The minimum Gasteiger partial charge on any atom is -0.336 e. The summed E-state index contributed by atoms with van der Waals surface area (Å²) in [5.41, 5.74) is 1.08. The molecule has 0 aliphatic carbocycles. The zero-order valence-electron chi connectivity index (χ0n) is 13.1. The fraction of sp³-hybridized carbons (Fsp3) is 0.625. The van der Waals surface area contributed by atoms with E-state index < -0.39 is 0 Å². The largest absolute Gasteiger partial charge is 0.336 e. The fourth-order valence-electron chi connectivity index (χ4n) is 2.58. The molecule has 1 saturated heterocycles. The second-order valence-corrected chi connectivity index (χ2v) is 5.93. The highest BCUT2D eigenvalue weighted by atomic mass is 16.2. The zero-order chi connectivity index (χ0) is 15.1. The molecule has 1 aromatic rings. The Hall–Kier alpha value is -1.46. The number of aromatic nitrogens is 1. The van der Waals surface area contributed by atoms with E-state index in [9.17, 15) is 4.79 Å². The van der Waals surface area contributed by atoms with Crippen molar-refractivity contribution in [1.29, 1.82) is 0 Å². The summed E-state index contributed by atoms with van der Waals surface area (Å²) < 4.78 is 0. The van der Waals surface area contributed by atoms with Gasteiger partial charge in [0, 0.05) is 32.0 Å². The highest BCUT2D eigenvalue weighted by molar-refractivity contribution is 5.82. The number of hydrogen-bond donors (Lipinski definition) is 1. The molecule has 21 heavy (non-hydrogen) atoms. The van der Waals surface area contributed by atoms with Crippen molar-refractivity contribution in [3.05, 3.63) is 30.1 Å². The first-order valence-corrected chi connectivity index (χ1v) is 7.72. The first-order chi connectivity index (χ1) is 10.2. The van der Waals surface area contributed by atoms with Crippen molar-refractivity contribution >= 4 is 5.91 Å². The third-order valence-electron chi connectivity index (χ3n) is 3.83. The third kappa shape index (κ3) is 5.10. The third-order valence-corrected chi connectivity index (χ3v) is 3.83. The van der Waals surface area contributed by atoms with Crippen LogP contribution < -0.4 is 5.32 Å². The molecule has 0 aromatic carbocycles. The number of rotatable bonds is 6. The van der Waals surface area contributed by atoms with Gasteiger partial charge in [-0.2, -0.15) is 0 Å². The predicted octanol–water partition coefficient (Wildman–Crippen LogP) is 1.11. The molecule has 2 heterocycles. The molecular weight excluding hydrogens is 264 g/mol. The van der Waals surface area contributed by atoms with Gasteiger partial charge in [-0.05, 0) is 45.1 Å². The Morgan fingerprint density at radius 3 is 2.86 bits per heavy atom. The van der Waals surface area contributed by atoms with Crippen molar-refractivity contribution in [2.24, 2.45) is 0 Å². The second-order valence-electron chi connectivity index (χ2n) is 5.93. The Kier molecular flexibility index (Phi) is 6.14. The minimum absolute atomic E-state index is 0.0161. The van der Waals surface area contributed by atoms with Gasteiger partial charge in [0.1, 0.15) is 0 Å². The SMILES string of the molecule is CN(C)CCN(Cc1cccnc1)C(=O)C1CCCCN1. The lowest BCUT2D eigenvalue weighted by Crippen LogP contribution is -2.49. The highest BCUT2D eigenvalue weighted by Gasteiger charge is 2.25. The summed E-state index contributed by atoms with van der Waals surface area (Å²) >= 11 is 0. The van der Waals surface area contributed by atoms with Crippen LogP contribution >= 0.6 is 0 Å². The van der Waals surface area contributed by atoms with Gasteiger partial charge in [0.2, 0.25) is 5.91 Å². The minimum atomic E-state index is -0.0161. The van der Waals surface area contributed by atoms with Crippen molar-refractivity contribution in [2.75, 3.05) is 33.7 Å². The van der Waals surface area contributed by atoms with E-state index in [-0.39, 0.29) is 11.9 Å². The average Bonchev–Trinajstić information content (AvgIpc) is 2.52. The number of nitrogens with zero attached hydrogens (tertiary/aromatic N) is 3. The molecular formula is C16H26N4O. The molecule has 1 unspecified atom stereocenters. The van der Waals surface area contributed by atoms with E-state index in [0.717, 1.165) is 38.0 Å². The van der Waals surface area contributed by atoms with Crippen molar-refractivity contribution in [2.45, 2.75) is 31.8 Å². The number of amides is 1. The number of piperidine rings is 1. The van der Waals surface area contributed by atoms with Crippen LogP contribution in [-0.2, 0) is 11.3 Å². The molecule has 1 aliphatic heterocycles. The number of nitrogens with one attached hydrogen (secondary N) is 1. The first kappa shape index (κ1) is 15.9. The second kappa shape index (κ2) is 8.10. The molecule has 1 amide bonds. The zero-order valence-corrected chi connectivity index (χ0v) is 13.1. The molecule has 1 aliphatic rings. The Morgan fingerprint density at radius 2 is 2.24 bits per heavy atom. The van der Waals surface area contributed by atoms with Crippen LogP contribution in [0.25, 0.3) is 0 Å². The number of carbonyl (C=O) groups is 1. The molecule has 5 nitrogen and oxygen atoms in total. The Morgan fingerprint density at radius 1 is 1.38 bits per heavy atom. The van der Waals surface area contributed by atoms with Crippen LogP contribution in [0.15, 0.2) is 24.5 Å². The van der Waals surface area contributed by atoms with Gasteiger partial charge in [0.15, 0.2) is 0 Å². The Labute approximate surface area is 127 Å². The Balaban J connectivity index is 2.01. The lowest BCUT2D eigenvalue weighted by Gasteiger charge is -2.31. The molecule has 5 heteroatoms. The molecule has 1 fully saturated rings. The lowest BCUT2D eigenvalue weighted by molar-refractivity contribution is -0.134. The van der Waals surface area contributed by atoms with Gasteiger partial charge < -0.3 is 15.1 Å². The summed E-state index contributed by atoms with van der Waals surface area (Å²) in [5, 5.41) is 3.35. The molecule has 0 saturated carbocycles. The normalized spacial score (nSPS) is 18.7. The van der Waals surface area contributed by atoms with Crippen molar-refractivity contribution in [3.8, 4) is 0 Å². The first-order valence-electron chi connectivity index (χ1n) is 7.72. The van der Waals surface area contributed by atoms with Crippen molar-refractivity contribution in [1.82, 2.24) is 20.1 Å². The number of hydrogen-bond acceptors (Lipinski definition) is 4. The maximum absolute atomic E-state index is 12.7. The summed E-state index contributed by atoms with van der Waals surface area (Å²) in [6.45, 7) is 3.21. The monoisotopic (exact) mass is 290 g/mol. The molecule has 0 bridgehead atoms. The summed E-state index contributed by atoms with van der Waals surface area (Å²) in [6, 6.07) is 3.93.